The fourth-order valence-corrected chi connectivity index (χ4v) is 3.70. The van der Waals surface area contributed by atoms with E-state index in [1.165, 1.54) is 12.1 Å². The van der Waals surface area contributed by atoms with Crippen molar-refractivity contribution in [2.24, 2.45) is 0 Å². The van der Waals surface area contributed by atoms with Gasteiger partial charge < -0.3 is 9.64 Å². The summed E-state index contributed by atoms with van der Waals surface area (Å²) in [5, 5.41) is 3.21. The predicted molar refractivity (Wildman–Crippen MR) is 80.5 cm³/mol. The first-order chi connectivity index (χ1) is 10.1. The molecule has 1 amide bonds. The Morgan fingerprint density at radius 1 is 1.38 bits per heavy atom. The van der Waals surface area contributed by atoms with Crippen molar-refractivity contribution in [3.63, 3.8) is 0 Å². The first kappa shape index (κ1) is 14.8. The van der Waals surface area contributed by atoms with Gasteiger partial charge in [-0.05, 0) is 24.6 Å². The van der Waals surface area contributed by atoms with Crippen molar-refractivity contribution in [1.29, 1.82) is 0 Å². The zero-order valence-corrected chi connectivity index (χ0v) is 12.7. The monoisotopic (exact) mass is 310 g/mol. The first-order valence-corrected chi connectivity index (χ1v) is 8.30. The summed E-state index contributed by atoms with van der Waals surface area (Å²) >= 11 is 1.74. The number of nitrogens with one attached hydrogen (secondary N) is 1. The third-order valence-electron chi connectivity index (χ3n) is 3.83. The molecular formula is C15H19FN2O2S. The van der Waals surface area contributed by atoms with Gasteiger partial charge in [0.2, 0.25) is 5.91 Å². The number of carbonyl (C=O) groups excluding carboxylic acids is 1. The topological polar surface area (TPSA) is 41.6 Å². The summed E-state index contributed by atoms with van der Waals surface area (Å²) in [5.74, 6) is 1.54. The number of nitrogens with zero attached hydrogens (tertiary/aromatic N) is 1. The number of thioether (sulfide) groups is 1. The molecule has 6 heteroatoms. The molecule has 3 rings (SSSR count). The van der Waals surface area contributed by atoms with Crippen molar-refractivity contribution in [3.05, 3.63) is 35.6 Å². The van der Waals surface area contributed by atoms with Gasteiger partial charge in [0.25, 0.3) is 0 Å². The van der Waals surface area contributed by atoms with Gasteiger partial charge in [-0.3, -0.25) is 10.1 Å². The zero-order chi connectivity index (χ0) is 14.8. The molecule has 1 aromatic rings. The third kappa shape index (κ3) is 3.39. The van der Waals surface area contributed by atoms with Crippen molar-refractivity contribution in [2.45, 2.75) is 25.2 Å². The molecule has 0 radical (unpaired) electrons. The van der Waals surface area contributed by atoms with E-state index in [-0.39, 0.29) is 30.0 Å². The highest BCUT2D eigenvalue weighted by Crippen LogP contribution is 2.26. The number of halogens is 1. The maximum absolute atomic E-state index is 13.0. The number of rotatable bonds is 2. The molecule has 2 saturated heterocycles. The highest BCUT2D eigenvalue weighted by Gasteiger charge is 2.33. The summed E-state index contributed by atoms with van der Waals surface area (Å²) in [7, 11) is 0. The Labute approximate surface area is 128 Å². The van der Waals surface area contributed by atoms with Crippen molar-refractivity contribution in [1.82, 2.24) is 10.2 Å². The second-order valence-corrected chi connectivity index (χ2v) is 6.53. The van der Waals surface area contributed by atoms with Crippen LogP contribution in [0.2, 0.25) is 0 Å². The molecule has 4 nitrogen and oxygen atoms in total. The second-order valence-electron chi connectivity index (χ2n) is 5.50. The van der Waals surface area contributed by atoms with Gasteiger partial charge in [0, 0.05) is 18.2 Å². The lowest BCUT2D eigenvalue weighted by Crippen LogP contribution is -2.52. The van der Waals surface area contributed by atoms with Gasteiger partial charge in [-0.15, -0.1) is 11.8 Å². The highest BCUT2D eigenvalue weighted by molar-refractivity contribution is 7.99. The van der Waals surface area contributed by atoms with Crippen LogP contribution in [0.25, 0.3) is 0 Å². The first-order valence-electron chi connectivity index (χ1n) is 7.14. The van der Waals surface area contributed by atoms with E-state index in [1.54, 1.807) is 23.9 Å². The Kier molecular flexibility index (Phi) is 4.47. The Balaban J connectivity index is 1.71. The number of morpholine rings is 1. The minimum Gasteiger partial charge on any atom is -0.367 e. The lowest BCUT2D eigenvalue weighted by molar-refractivity contribution is -0.146. The maximum atomic E-state index is 13.0. The number of hydrogen-bond donors (Lipinski definition) is 1. The molecule has 2 aliphatic heterocycles. The van der Waals surface area contributed by atoms with E-state index in [0.717, 1.165) is 17.2 Å². The number of amides is 1. The molecule has 0 spiro atoms. The van der Waals surface area contributed by atoms with E-state index in [1.807, 2.05) is 11.8 Å². The molecule has 0 aromatic heterocycles. The summed E-state index contributed by atoms with van der Waals surface area (Å²) < 4.78 is 18.9. The van der Waals surface area contributed by atoms with Crippen LogP contribution in [0.3, 0.4) is 0 Å². The summed E-state index contributed by atoms with van der Waals surface area (Å²) in [4.78, 5) is 14.4. The molecule has 2 fully saturated rings. The van der Waals surface area contributed by atoms with E-state index < -0.39 is 0 Å². The lowest BCUT2D eigenvalue weighted by atomic mass is 10.1. The zero-order valence-electron chi connectivity index (χ0n) is 11.9. The van der Waals surface area contributed by atoms with Gasteiger partial charge in [-0.1, -0.05) is 12.1 Å². The lowest BCUT2D eigenvalue weighted by Gasteiger charge is -2.38. The van der Waals surface area contributed by atoms with E-state index in [4.69, 9.17) is 4.74 Å². The van der Waals surface area contributed by atoms with Gasteiger partial charge in [-0.25, -0.2) is 4.39 Å². The van der Waals surface area contributed by atoms with E-state index in [0.29, 0.717) is 13.1 Å². The average molecular weight is 310 g/mol. The Hall–Kier alpha value is -1.11. The molecule has 1 aromatic carbocycles. The minimum absolute atomic E-state index is 0.0215. The van der Waals surface area contributed by atoms with Crippen LogP contribution in [-0.2, 0) is 9.53 Å². The fourth-order valence-electron chi connectivity index (χ4n) is 2.77. The maximum Gasteiger partial charge on any atom is 0.240 e. The van der Waals surface area contributed by atoms with Crippen LogP contribution in [0.15, 0.2) is 24.3 Å². The summed E-state index contributed by atoms with van der Waals surface area (Å²) in [6.07, 6.45) is -0.209. The molecule has 0 bridgehead atoms. The molecule has 21 heavy (non-hydrogen) atoms. The van der Waals surface area contributed by atoms with Crippen LogP contribution in [0.5, 0.6) is 0 Å². The van der Waals surface area contributed by atoms with Gasteiger partial charge in [0.15, 0.2) is 0 Å². The Bertz CT molecular complexity index is 505. The SMILES string of the molecule is C[C@@H]1CN(C(=O)[C@H]2CSCN2)C[C@H](c2ccc(F)cc2)O1. The molecule has 0 saturated carbocycles. The summed E-state index contributed by atoms with van der Waals surface area (Å²) in [6.45, 7) is 3.10. The normalized spacial score (nSPS) is 29.6. The van der Waals surface area contributed by atoms with Crippen LogP contribution in [0, 0.1) is 5.82 Å². The molecule has 114 valence electrons. The molecule has 0 aliphatic carbocycles. The molecule has 0 unspecified atom stereocenters. The van der Waals surface area contributed by atoms with Crippen LogP contribution in [0.1, 0.15) is 18.6 Å². The third-order valence-corrected chi connectivity index (χ3v) is 4.77. The number of benzene rings is 1. The van der Waals surface area contributed by atoms with Gasteiger partial charge >= 0.3 is 0 Å². The van der Waals surface area contributed by atoms with Crippen LogP contribution in [-0.4, -0.2) is 47.7 Å². The van der Waals surface area contributed by atoms with E-state index >= 15 is 0 Å². The standard InChI is InChI=1S/C15H19FN2O2S/c1-10-6-18(15(19)13-8-21-9-17-13)7-14(20-10)11-2-4-12(16)5-3-11/h2-5,10,13-14,17H,6-9H2,1H3/t10-,13-,14-/m1/s1. The predicted octanol–water partition coefficient (Wildman–Crippen LogP) is 1.78. The average Bonchev–Trinajstić information content (AvgIpc) is 3.00. The summed E-state index contributed by atoms with van der Waals surface area (Å²) in [5.41, 5.74) is 0.912. The van der Waals surface area contributed by atoms with Crippen molar-refractivity contribution in [2.75, 3.05) is 24.7 Å². The fraction of sp³-hybridized carbons (Fsp3) is 0.533. The molecule has 2 heterocycles. The van der Waals surface area contributed by atoms with Crippen molar-refractivity contribution >= 4 is 17.7 Å². The van der Waals surface area contributed by atoms with E-state index in [9.17, 15) is 9.18 Å². The van der Waals surface area contributed by atoms with Crippen LogP contribution >= 0.6 is 11.8 Å². The molecule has 1 N–H and O–H groups in total. The van der Waals surface area contributed by atoms with Gasteiger partial charge in [0.1, 0.15) is 11.9 Å². The molecule has 2 aliphatic rings. The Morgan fingerprint density at radius 3 is 2.81 bits per heavy atom. The highest BCUT2D eigenvalue weighted by atomic mass is 32.2. The van der Waals surface area contributed by atoms with Crippen molar-refractivity contribution in [3.8, 4) is 0 Å². The van der Waals surface area contributed by atoms with Crippen molar-refractivity contribution < 1.29 is 13.9 Å². The van der Waals surface area contributed by atoms with Crippen LogP contribution in [0.4, 0.5) is 4.39 Å². The number of hydrogen-bond acceptors (Lipinski definition) is 4. The minimum atomic E-state index is -0.261. The number of ether oxygens (including phenoxy) is 1. The van der Waals surface area contributed by atoms with Gasteiger partial charge in [-0.2, -0.15) is 0 Å². The number of carbonyl (C=O) groups is 1. The second kappa shape index (κ2) is 6.34. The Morgan fingerprint density at radius 2 is 2.14 bits per heavy atom. The quantitative estimate of drug-likeness (QED) is 0.904. The summed E-state index contributed by atoms with van der Waals surface area (Å²) in [6, 6.07) is 6.22. The smallest absolute Gasteiger partial charge is 0.240 e. The molecule has 3 atom stereocenters. The molecular weight excluding hydrogens is 291 g/mol. The van der Waals surface area contributed by atoms with E-state index in [2.05, 4.69) is 5.32 Å². The largest absolute Gasteiger partial charge is 0.367 e. The van der Waals surface area contributed by atoms with Crippen LogP contribution < -0.4 is 5.32 Å². The van der Waals surface area contributed by atoms with Gasteiger partial charge in [0.05, 0.1) is 18.7 Å².